The highest BCUT2D eigenvalue weighted by Crippen LogP contribution is 2.43. The highest BCUT2D eigenvalue weighted by atomic mass is 16.3. The molecule has 1 atom stereocenters. The first kappa shape index (κ1) is 20.3. The highest BCUT2D eigenvalue weighted by molar-refractivity contribution is 6.51. The van der Waals surface area contributed by atoms with Gasteiger partial charge in [0.05, 0.1) is 23.2 Å². The number of aliphatic hydroxyl groups excluding tert-OH is 1. The summed E-state index contributed by atoms with van der Waals surface area (Å²) in [6.07, 6.45) is 1.64. The summed E-state index contributed by atoms with van der Waals surface area (Å²) in [5, 5.41) is 21.2. The van der Waals surface area contributed by atoms with Gasteiger partial charge in [0, 0.05) is 28.4 Å². The number of carbonyl (C=O) groups is 2. The third-order valence-corrected chi connectivity index (χ3v) is 5.92. The average Bonchev–Trinajstić information content (AvgIpc) is 3.38. The average molecular weight is 433 g/mol. The molecule has 6 heteroatoms. The van der Waals surface area contributed by atoms with Gasteiger partial charge in [0.15, 0.2) is 0 Å². The van der Waals surface area contributed by atoms with Crippen LogP contribution in [0, 0.1) is 18.3 Å². The number of aryl methyl sites for hydroxylation is 1. The van der Waals surface area contributed by atoms with Gasteiger partial charge in [0.1, 0.15) is 5.76 Å². The highest BCUT2D eigenvalue weighted by Gasteiger charge is 2.47. The van der Waals surface area contributed by atoms with E-state index in [-0.39, 0.29) is 11.3 Å². The summed E-state index contributed by atoms with van der Waals surface area (Å²) in [4.78, 5) is 31.0. The molecule has 0 bridgehead atoms. The van der Waals surface area contributed by atoms with E-state index >= 15 is 0 Å². The Bertz CT molecular complexity index is 1490. The monoisotopic (exact) mass is 433 g/mol. The van der Waals surface area contributed by atoms with Crippen molar-refractivity contribution in [1.82, 2.24) is 4.98 Å². The maximum Gasteiger partial charge on any atom is 0.300 e. The first-order chi connectivity index (χ1) is 16.0. The van der Waals surface area contributed by atoms with Crippen LogP contribution in [0.2, 0.25) is 0 Å². The molecular weight excluding hydrogens is 414 g/mol. The molecule has 0 radical (unpaired) electrons. The molecule has 2 heterocycles. The lowest BCUT2D eigenvalue weighted by Crippen LogP contribution is -2.29. The molecule has 1 unspecified atom stereocenters. The summed E-state index contributed by atoms with van der Waals surface area (Å²) in [5.41, 5.74) is 3.89. The van der Waals surface area contributed by atoms with Crippen LogP contribution in [-0.2, 0) is 9.59 Å². The fraction of sp³-hybridized carbons (Fsp3) is 0.0741. The summed E-state index contributed by atoms with van der Waals surface area (Å²) in [7, 11) is 0. The molecule has 3 aromatic carbocycles. The van der Waals surface area contributed by atoms with Gasteiger partial charge in [-0.25, -0.2) is 0 Å². The van der Waals surface area contributed by atoms with Crippen molar-refractivity contribution in [1.29, 1.82) is 5.26 Å². The number of carbonyl (C=O) groups excluding carboxylic acids is 2. The SMILES string of the molecule is Cc1cccc(C2/C(=C(/O)c3c[nH]c4ccccc34)C(=O)C(=O)N2c2ccc(C#N)cc2)c1. The van der Waals surface area contributed by atoms with Crippen LogP contribution < -0.4 is 4.90 Å². The number of hydrogen-bond donors (Lipinski definition) is 2. The van der Waals surface area contributed by atoms with Gasteiger partial charge in [-0.05, 0) is 42.8 Å². The number of rotatable bonds is 3. The molecule has 1 saturated heterocycles. The third kappa shape index (κ3) is 3.27. The topological polar surface area (TPSA) is 97.2 Å². The van der Waals surface area contributed by atoms with E-state index < -0.39 is 17.7 Å². The van der Waals surface area contributed by atoms with Gasteiger partial charge in [-0.3, -0.25) is 14.5 Å². The standard InChI is InChI=1S/C27H19N3O3/c1-16-5-4-6-18(13-16)24-23(25(31)21-15-29-22-8-3-2-7-20(21)22)26(32)27(33)30(24)19-11-9-17(14-28)10-12-19/h2-13,15,24,29,31H,1H3/b25-23-. The van der Waals surface area contributed by atoms with E-state index in [1.165, 1.54) is 4.90 Å². The summed E-state index contributed by atoms with van der Waals surface area (Å²) < 4.78 is 0. The molecule has 33 heavy (non-hydrogen) atoms. The lowest BCUT2D eigenvalue weighted by molar-refractivity contribution is -0.132. The first-order valence-electron chi connectivity index (χ1n) is 10.4. The lowest BCUT2D eigenvalue weighted by atomic mass is 9.94. The Balaban J connectivity index is 1.75. The number of hydrogen-bond acceptors (Lipinski definition) is 4. The number of H-pyrrole nitrogens is 1. The third-order valence-electron chi connectivity index (χ3n) is 5.92. The van der Waals surface area contributed by atoms with Crippen LogP contribution in [0.1, 0.15) is 28.3 Å². The number of aromatic nitrogens is 1. The van der Waals surface area contributed by atoms with Gasteiger partial charge in [-0.2, -0.15) is 5.26 Å². The van der Waals surface area contributed by atoms with Gasteiger partial charge in [-0.1, -0.05) is 48.0 Å². The smallest absolute Gasteiger partial charge is 0.300 e. The maximum atomic E-state index is 13.3. The van der Waals surface area contributed by atoms with Crippen LogP contribution in [0.3, 0.4) is 0 Å². The van der Waals surface area contributed by atoms with Crippen LogP contribution in [-0.4, -0.2) is 21.8 Å². The number of nitriles is 1. The number of amides is 1. The van der Waals surface area contributed by atoms with E-state index in [1.54, 1.807) is 30.5 Å². The number of benzene rings is 3. The molecular formula is C27H19N3O3. The Kier molecular flexibility index (Phi) is 4.80. The lowest BCUT2D eigenvalue weighted by Gasteiger charge is -2.25. The van der Waals surface area contributed by atoms with Crippen LogP contribution in [0.5, 0.6) is 0 Å². The predicted octanol–water partition coefficient (Wildman–Crippen LogP) is 4.97. The summed E-state index contributed by atoms with van der Waals surface area (Å²) in [6, 6.07) is 22.7. The Hall–Kier alpha value is -4.63. The van der Waals surface area contributed by atoms with E-state index in [1.807, 2.05) is 55.5 Å². The molecule has 0 aliphatic carbocycles. The van der Waals surface area contributed by atoms with Crippen LogP contribution >= 0.6 is 0 Å². The molecule has 4 aromatic rings. The Morgan fingerprint density at radius 3 is 2.52 bits per heavy atom. The number of ketones is 1. The molecule has 2 N–H and O–H groups in total. The van der Waals surface area contributed by atoms with Crippen molar-refractivity contribution in [2.45, 2.75) is 13.0 Å². The van der Waals surface area contributed by atoms with Gasteiger partial charge in [-0.15, -0.1) is 0 Å². The van der Waals surface area contributed by atoms with Gasteiger partial charge in [0.25, 0.3) is 11.7 Å². The van der Waals surface area contributed by atoms with Gasteiger partial charge in [0.2, 0.25) is 0 Å². The number of anilines is 1. The Labute approximate surface area is 190 Å². The molecule has 1 fully saturated rings. The van der Waals surface area contributed by atoms with Crippen molar-refractivity contribution in [2.75, 3.05) is 4.90 Å². The number of nitrogens with zero attached hydrogens (tertiary/aromatic N) is 2. The number of nitrogens with one attached hydrogen (secondary N) is 1. The van der Waals surface area contributed by atoms with E-state index in [0.29, 0.717) is 22.4 Å². The molecule has 1 aromatic heterocycles. The quantitative estimate of drug-likeness (QED) is 0.271. The number of aliphatic hydroxyl groups is 1. The number of para-hydroxylation sites is 1. The van der Waals surface area contributed by atoms with Crippen molar-refractivity contribution >= 4 is 34.0 Å². The van der Waals surface area contributed by atoms with Gasteiger partial charge >= 0.3 is 0 Å². The molecule has 1 aliphatic heterocycles. The minimum Gasteiger partial charge on any atom is -0.507 e. The first-order valence-corrected chi connectivity index (χ1v) is 10.4. The zero-order valence-electron chi connectivity index (χ0n) is 17.7. The van der Waals surface area contributed by atoms with Crippen LogP contribution in [0.4, 0.5) is 5.69 Å². The van der Waals surface area contributed by atoms with Crippen LogP contribution in [0.15, 0.2) is 84.6 Å². The number of aromatic amines is 1. The molecule has 0 saturated carbocycles. The van der Waals surface area contributed by atoms with Crippen molar-refractivity contribution in [2.24, 2.45) is 0 Å². The predicted molar refractivity (Wildman–Crippen MR) is 125 cm³/mol. The minimum absolute atomic E-state index is 0.0275. The summed E-state index contributed by atoms with van der Waals surface area (Å²) in [6.45, 7) is 1.93. The van der Waals surface area contributed by atoms with E-state index in [2.05, 4.69) is 11.1 Å². The van der Waals surface area contributed by atoms with Crippen LogP contribution in [0.25, 0.3) is 16.7 Å². The van der Waals surface area contributed by atoms with Crippen molar-refractivity contribution < 1.29 is 14.7 Å². The zero-order chi connectivity index (χ0) is 23.1. The number of fused-ring (bicyclic) bond motifs is 1. The van der Waals surface area contributed by atoms with E-state index in [0.717, 1.165) is 16.5 Å². The normalized spacial score (nSPS) is 17.5. The summed E-state index contributed by atoms with van der Waals surface area (Å²) >= 11 is 0. The second kappa shape index (κ2) is 7.81. The van der Waals surface area contributed by atoms with Crippen molar-refractivity contribution in [3.63, 3.8) is 0 Å². The second-order valence-corrected chi connectivity index (χ2v) is 7.99. The Morgan fingerprint density at radius 2 is 1.79 bits per heavy atom. The van der Waals surface area contributed by atoms with Crippen molar-refractivity contribution in [3.8, 4) is 6.07 Å². The fourth-order valence-corrected chi connectivity index (χ4v) is 4.36. The zero-order valence-corrected chi connectivity index (χ0v) is 17.7. The Morgan fingerprint density at radius 1 is 1.03 bits per heavy atom. The van der Waals surface area contributed by atoms with E-state index in [9.17, 15) is 14.7 Å². The largest absolute Gasteiger partial charge is 0.507 e. The van der Waals surface area contributed by atoms with E-state index in [4.69, 9.17) is 5.26 Å². The second-order valence-electron chi connectivity index (χ2n) is 7.99. The van der Waals surface area contributed by atoms with Gasteiger partial charge < -0.3 is 10.1 Å². The maximum absolute atomic E-state index is 13.3. The molecule has 1 aliphatic rings. The van der Waals surface area contributed by atoms with Crippen molar-refractivity contribution in [3.05, 3.63) is 107 Å². The molecule has 1 amide bonds. The summed E-state index contributed by atoms with van der Waals surface area (Å²) in [5.74, 6) is -1.71. The molecule has 0 spiro atoms. The number of Topliss-reactive ketones (excluding diaryl/α,β-unsaturated/α-hetero) is 1. The molecule has 160 valence electrons. The molecule has 5 rings (SSSR count). The molecule has 6 nitrogen and oxygen atoms in total. The minimum atomic E-state index is -0.813. The fourth-order valence-electron chi connectivity index (χ4n) is 4.36.